The van der Waals surface area contributed by atoms with Gasteiger partial charge in [-0.1, -0.05) is 0 Å². The summed E-state index contributed by atoms with van der Waals surface area (Å²) in [4.78, 5) is 12.5. The van der Waals surface area contributed by atoms with E-state index in [9.17, 15) is 4.39 Å². The number of aromatic nitrogens is 5. The molecule has 0 saturated heterocycles. The molecule has 0 saturated carbocycles. The Bertz CT molecular complexity index is 723. The number of anilines is 1. The zero-order valence-corrected chi connectivity index (χ0v) is 10.2. The lowest BCUT2D eigenvalue weighted by Gasteiger charge is -2.01. The Hall–Kier alpha value is -2.57. The van der Waals surface area contributed by atoms with Gasteiger partial charge in [-0.05, 0) is 25.1 Å². The number of nitrogens with one attached hydrogen (secondary N) is 1. The lowest BCUT2D eigenvalue weighted by molar-refractivity contribution is 0.615. The minimum absolute atomic E-state index is 0.352. The van der Waals surface area contributed by atoms with E-state index in [1.165, 1.54) is 16.8 Å². The van der Waals surface area contributed by atoms with E-state index in [1.807, 2.05) is 13.0 Å². The highest BCUT2D eigenvalue weighted by atomic mass is 19.1. The predicted molar refractivity (Wildman–Crippen MR) is 67.0 cm³/mol. The second kappa shape index (κ2) is 4.60. The molecule has 0 atom stereocenters. The van der Waals surface area contributed by atoms with E-state index in [0.29, 0.717) is 24.0 Å². The smallest absolute Gasteiger partial charge is 0.243 e. The van der Waals surface area contributed by atoms with Gasteiger partial charge in [-0.3, -0.25) is 0 Å². The molecule has 3 heterocycles. The van der Waals surface area contributed by atoms with Crippen LogP contribution in [0.3, 0.4) is 0 Å². The number of halogens is 1. The highest BCUT2D eigenvalue weighted by Gasteiger charge is 2.04. The molecule has 0 radical (unpaired) electrons. The molecular formula is C12H11FN6. The lowest BCUT2D eigenvalue weighted by atomic mass is 10.4. The van der Waals surface area contributed by atoms with Crippen molar-refractivity contribution in [3.8, 4) is 0 Å². The molecule has 3 rings (SSSR count). The SMILES string of the molecule is Cc1nccc(CNc2nc3ccc(F)cn3n2)n1. The molecule has 0 aliphatic rings. The Morgan fingerprint density at radius 1 is 1.26 bits per heavy atom. The van der Waals surface area contributed by atoms with Crippen LogP contribution in [0.25, 0.3) is 5.65 Å². The van der Waals surface area contributed by atoms with Gasteiger partial charge in [-0.2, -0.15) is 4.98 Å². The van der Waals surface area contributed by atoms with Gasteiger partial charge < -0.3 is 5.32 Å². The minimum atomic E-state index is -0.352. The Kier molecular flexibility index (Phi) is 2.79. The van der Waals surface area contributed by atoms with Crippen molar-refractivity contribution in [2.45, 2.75) is 13.5 Å². The fraction of sp³-hybridized carbons (Fsp3) is 0.167. The zero-order chi connectivity index (χ0) is 13.2. The molecule has 3 aromatic rings. The van der Waals surface area contributed by atoms with Gasteiger partial charge >= 0.3 is 0 Å². The summed E-state index contributed by atoms with van der Waals surface area (Å²) in [6.07, 6.45) is 2.98. The van der Waals surface area contributed by atoms with Crippen molar-refractivity contribution in [1.82, 2.24) is 24.6 Å². The highest BCUT2D eigenvalue weighted by Crippen LogP contribution is 2.07. The van der Waals surface area contributed by atoms with Crippen LogP contribution < -0.4 is 5.32 Å². The summed E-state index contributed by atoms with van der Waals surface area (Å²) >= 11 is 0. The summed E-state index contributed by atoms with van der Waals surface area (Å²) in [7, 11) is 0. The maximum atomic E-state index is 13.0. The third kappa shape index (κ3) is 2.49. The van der Waals surface area contributed by atoms with Crippen LogP contribution in [0.1, 0.15) is 11.5 Å². The number of nitrogens with zero attached hydrogens (tertiary/aromatic N) is 5. The van der Waals surface area contributed by atoms with Gasteiger partial charge in [-0.25, -0.2) is 18.9 Å². The molecule has 0 bridgehead atoms. The molecule has 19 heavy (non-hydrogen) atoms. The van der Waals surface area contributed by atoms with Gasteiger partial charge in [0.2, 0.25) is 5.95 Å². The van der Waals surface area contributed by atoms with Crippen molar-refractivity contribution in [1.29, 1.82) is 0 Å². The molecule has 0 amide bonds. The van der Waals surface area contributed by atoms with Gasteiger partial charge in [0.15, 0.2) is 5.65 Å². The molecule has 0 fully saturated rings. The van der Waals surface area contributed by atoms with E-state index in [-0.39, 0.29) is 5.82 Å². The zero-order valence-electron chi connectivity index (χ0n) is 10.2. The largest absolute Gasteiger partial charge is 0.347 e. The van der Waals surface area contributed by atoms with Crippen LogP contribution in [0.5, 0.6) is 0 Å². The standard InChI is InChI=1S/C12H11FN6/c1-8-14-5-4-10(16-8)6-15-12-17-11-3-2-9(13)7-19(11)18-12/h2-5,7H,6H2,1H3,(H,15,18). The van der Waals surface area contributed by atoms with Crippen LogP contribution in [-0.2, 0) is 6.54 Å². The highest BCUT2D eigenvalue weighted by molar-refractivity contribution is 5.43. The molecule has 1 N–H and O–H groups in total. The molecule has 96 valence electrons. The second-order valence-corrected chi connectivity index (χ2v) is 4.03. The molecule has 0 aliphatic carbocycles. The van der Waals surface area contributed by atoms with Crippen LogP contribution in [-0.4, -0.2) is 24.6 Å². The first kappa shape index (κ1) is 11.5. The van der Waals surface area contributed by atoms with Crippen LogP contribution >= 0.6 is 0 Å². The van der Waals surface area contributed by atoms with Crippen LogP contribution in [0.15, 0.2) is 30.6 Å². The van der Waals surface area contributed by atoms with Crippen LogP contribution in [0.2, 0.25) is 0 Å². The number of pyridine rings is 1. The molecule has 0 aliphatic heterocycles. The summed E-state index contributed by atoms with van der Waals surface area (Å²) in [5, 5.41) is 7.16. The first-order valence-corrected chi connectivity index (χ1v) is 5.75. The third-order valence-electron chi connectivity index (χ3n) is 2.56. The minimum Gasteiger partial charge on any atom is -0.347 e. The van der Waals surface area contributed by atoms with E-state index >= 15 is 0 Å². The maximum Gasteiger partial charge on any atom is 0.243 e. The van der Waals surface area contributed by atoms with Crippen molar-refractivity contribution >= 4 is 11.6 Å². The molecule has 6 nitrogen and oxygen atoms in total. The molecule has 3 aromatic heterocycles. The number of rotatable bonds is 3. The van der Waals surface area contributed by atoms with Crippen LogP contribution in [0.4, 0.5) is 10.3 Å². The molecule has 0 aromatic carbocycles. The van der Waals surface area contributed by atoms with Crippen molar-refractivity contribution in [3.05, 3.63) is 47.9 Å². The number of aryl methyl sites for hydroxylation is 1. The van der Waals surface area contributed by atoms with Gasteiger partial charge in [0.25, 0.3) is 0 Å². The average Bonchev–Trinajstić information content (AvgIpc) is 2.78. The third-order valence-corrected chi connectivity index (χ3v) is 2.56. The summed E-state index contributed by atoms with van der Waals surface area (Å²) in [6, 6.07) is 4.74. The van der Waals surface area contributed by atoms with E-state index in [0.717, 1.165) is 5.69 Å². The van der Waals surface area contributed by atoms with Crippen molar-refractivity contribution < 1.29 is 4.39 Å². The maximum absolute atomic E-state index is 13.0. The number of fused-ring (bicyclic) bond motifs is 1. The normalized spacial score (nSPS) is 10.8. The second-order valence-electron chi connectivity index (χ2n) is 4.03. The van der Waals surface area contributed by atoms with Crippen molar-refractivity contribution in [2.75, 3.05) is 5.32 Å². The summed E-state index contributed by atoms with van der Waals surface area (Å²) < 4.78 is 14.4. The van der Waals surface area contributed by atoms with E-state index in [1.54, 1.807) is 12.3 Å². The molecular weight excluding hydrogens is 247 g/mol. The topological polar surface area (TPSA) is 68.0 Å². The lowest BCUT2D eigenvalue weighted by Crippen LogP contribution is -2.04. The number of hydrogen-bond donors (Lipinski definition) is 1. The van der Waals surface area contributed by atoms with Gasteiger partial charge in [-0.15, -0.1) is 5.10 Å². The first-order chi connectivity index (χ1) is 9.20. The van der Waals surface area contributed by atoms with E-state index in [4.69, 9.17) is 0 Å². The fourth-order valence-corrected chi connectivity index (χ4v) is 1.71. The molecule has 0 spiro atoms. The van der Waals surface area contributed by atoms with Crippen molar-refractivity contribution in [2.24, 2.45) is 0 Å². The monoisotopic (exact) mass is 258 g/mol. The Balaban J connectivity index is 1.78. The summed E-state index contributed by atoms with van der Waals surface area (Å²) in [5.74, 6) is 0.793. The predicted octanol–water partition coefficient (Wildman–Crippen LogP) is 1.58. The van der Waals surface area contributed by atoms with Gasteiger partial charge in [0, 0.05) is 6.20 Å². The molecule has 0 unspecified atom stereocenters. The van der Waals surface area contributed by atoms with E-state index in [2.05, 4.69) is 25.4 Å². The number of hydrogen-bond acceptors (Lipinski definition) is 5. The Morgan fingerprint density at radius 3 is 3.00 bits per heavy atom. The summed E-state index contributed by atoms with van der Waals surface area (Å²) in [6.45, 7) is 2.32. The Labute approximate surface area is 108 Å². The summed E-state index contributed by atoms with van der Waals surface area (Å²) in [5.41, 5.74) is 1.43. The Morgan fingerprint density at radius 2 is 2.16 bits per heavy atom. The van der Waals surface area contributed by atoms with Crippen molar-refractivity contribution in [3.63, 3.8) is 0 Å². The van der Waals surface area contributed by atoms with Gasteiger partial charge in [0.05, 0.1) is 18.4 Å². The van der Waals surface area contributed by atoms with E-state index < -0.39 is 0 Å². The average molecular weight is 258 g/mol. The van der Waals surface area contributed by atoms with Crippen LogP contribution in [0, 0.1) is 12.7 Å². The first-order valence-electron chi connectivity index (χ1n) is 5.75. The fourth-order valence-electron chi connectivity index (χ4n) is 1.71. The molecule has 7 heteroatoms. The quantitative estimate of drug-likeness (QED) is 0.772. The van der Waals surface area contributed by atoms with Gasteiger partial charge in [0.1, 0.15) is 11.6 Å².